The molecule has 0 bridgehead atoms. The van der Waals surface area contributed by atoms with Crippen molar-refractivity contribution in [3.63, 3.8) is 0 Å². The first-order chi connectivity index (χ1) is 22.0. The van der Waals surface area contributed by atoms with E-state index in [4.69, 9.17) is 23.7 Å². The van der Waals surface area contributed by atoms with E-state index in [1.165, 1.54) is 13.8 Å². The van der Waals surface area contributed by atoms with Crippen molar-refractivity contribution in [3.8, 4) is 0 Å². The maximum absolute atomic E-state index is 13.2. The molecular weight excluding hydrogens is 608 g/mol. The molecule has 0 aromatic heterocycles. The van der Waals surface area contributed by atoms with E-state index in [1.807, 2.05) is 54.5 Å². The van der Waals surface area contributed by atoms with E-state index in [0.717, 1.165) is 0 Å². The van der Waals surface area contributed by atoms with Crippen molar-refractivity contribution in [2.75, 3.05) is 0 Å². The van der Waals surface area contributed by atoms with E-state index in [9.17, 15) is 29.1 Å². The van der Waals surface area contributed by atoms with Crippen LogP contribution in [0.1, 0.15) is 114 Å². The smallest absolute Gasteiger partial charge is 0.306 e. The molecule has 0 spiro atoms. The molecule has 0 unspecified atom stereocenters. The second kappa shape index (κ2) is 15.5. The van der Waals surface area contributed by atoms with Crippen LogP contribution in [-0.2, 0) is 47.7 Å². The van der Waals surface area contributed by atoms with Gasteiger partial charge in [0.25, 0.3) is 0 Å². The second-order valence-electron chi connectivity index (χ2n) is 14.5. The molecular formula is C36H56O11. The summed E-state index contributed by atoms with van der Waals surface area (Å²) in [5.74, 6) is -4.00. The Morgan fingerprint density at radius 1 is 0.809 bits per heavy atom. The van der Waals surface area contributed by atoms with Crippen LogP contribution in [0.2, 0.25) is 0 Å². The molecule has 0 aliphatic heterocycles. The lowest BCUT2D eigenvalue weighted by molar-refractivity contribution is -0.223. The summed E-state index contributed by atoms with van der Waals surface area (Å²) in [6, 6.07) is 0. The van der Waals surface area contributed by atoms with Crippen LogP contribution in [0.4, 0.5) is 0 Å². The number of ether oxygens (including phenoxy) is 5. The molecule has 0 amide bonds. The van der Waals surface area contributed by atoms with Crippen molar-refractivity contribution in [1.29, 1.82) is 0 Å². The molecule has 11 nitrogen and oxygen atoms in total. The first-order valence-electron chi connectivity index (χ1n) is 17.3. The number of rotatable bonds is 12. The Morgan fingerprint density at radius 2 is 1.30 bits per heavy atom. The van der Waals surface area contributed by atoms with Gasteiger partial charge < -0.3 is 28.8 Å². The Balaban J connectivity index is 2.39. The molecule has 2 fully saturated rings. The van der Waals surface area contributed by atoms with Crippen LogP contribution < -0.4 is 0 Å². The molecule has 0 aromatic rings. The van der Waals surface area contributed by atoms with Crippen LogP contribution in [0, 0.1) is 34.5 Å². The third-order valence-corrected chi connectivity index (χ3v) is 10.6. The highest BCUT2D eigenvalue weighted by Gasteiger charge is 2.73. The van der Waals surface area contributed by atoms with E-state index in [2.05, 4.69) is 0 Å². The average molecular weight is 665 g/mol. The first kappa shape index (κ1) is 38.5. The number of allylic oxidation sites excluding steroid dienone is 1. The van der Waals surface area contributed by atoms with E-state index >= 15 is 0 Å². The van der Waals surface area contributed by atoms with Crippen molar-refractivity contribution in [2.24, 2.45) is 34.5 Å². The number of aliphatic hydroxyl groups excluding tert-OH is 1. The Kier molecular flexibility index (Phi) is 12.7. The molecule has 3 aliphatic carbocycles. The highest BCUT2D eigenvalue weighted by molar-refractivity contribution is 5.71. The van der Waals surface area contributed by atoms with Gasteiger partial charge in [-0.05, 0) is 55.9 Å². The van der Waals surface area contributed by atoms with Gasteiger partial charge in [-0.1, -0.05) is 54.5 Å². The molecule has 1 N–H and O–H groups in total. The predicted octanol–water partition coefficient (Wildman–Crippen LogP) is 5.24. The zero-order valence-corrected chi connectivity index (χ0v) is 29.8. The van der Waals surface area contributed by atoms with E-state index < -0.39 is 95.1 Å². The molecule has 0 saturated heterocycles. The lowest BCUT2D eigenvalue weighted by Gasteiger charge is -2.58. The van der Waals surface area contributed by atoms with Crippen LogP contribution >= 0.6 is 0 Å². The Morgan fingerprint density at radius 3 is 1.77 bits per heavy atom. The zero-order chi connectivity index (χ0) is 35.4. The fraction of sp³-hybridized carbons (Fsp3) is 0.806. The number of hydrogen-bond donors (Lipinski definition) is 1. The molecule has 0 radical (unpaired) electrons. The van der Waals surface area contributed by atoms with Crippen LogP contribution in [0.3, 0.4) is 0 Å². The van der Waals surface area contributed by atoms with Gasteiger partial charge in [-0.25, -0.2) is 0 Å². The third kappa shape index (κ3) is 7.70. The molecule has 11 atom stereocenters. The summed E-state index contributed by atoms with van der Waals surface area (Å²) in [4.78, 5) is 64.6. The molecule has 2 saturated carbocycles. The van der Waals surface area contributed by atoms with Crippen LogP contribution in [-0.4, -0.2) is 71.6 Å². The minimum Gasteiger partial charge on any atom is -0.462 e. The van der Waals surface area contributed by atoms with Gasteiger partial charge >= 0.3 is 29.8 Å². The molecule has 3 aliphatic rings. The van der Waals surface area contributed by atoms with Gasteiger partial charge in [-0.2, -0.15) is 0 Å². The topological polar surface area (TPSA) is 152 Å². The van der Waals surface area contributed by atoms with Gasteiger partial charge in [-0.15, -0.1) is 0 Å². The minimum absolute atomic E-state index is 0.110. The number of carbonyl (C=O) groups is 5. The number of fused-ring (bicyclic) bond motifs is 3. The van der Waals surface area contributed by atoms with Gasteiger partial charge in [0.15, 0.2) is 6.10 Å². The number of esters is 5. The van der Waals surface area contributed by atoms with Crippen molar-refractivity contribution in [2.45, 2.75) is 151 Å². The number of aliphatic hydroxyl groups is 1. The molecule has 266 valence electrons. The number of carbonyl (C=O) groups excluding carboxylic acids is 5. The van der Waals surface area contributed by atoms with Gasteiger partial charge in [0, 0.05) is 49.9 Å². The van der Waals surface area contributed by atoms with Crippen molar-refractivity contribution in [1.82, 2.24) is 0 Å². The summed E-state index contributed by atoms with van der Waals surface area (Å²) in [5, 5.41) is 11.9. The molecule has 0 aromatic carbocycles. The van der Waals surface area contributed by atoms with Gasteiger partial charge in [0.2, 0.25) is 0 Å². The van der Waals surface area contributed by atoms with E-state index in [1.54, 1.807) is 6.92 Å². The Bertz CT molecular complexity index is 1210. The SMILES string of the molecule is CCCC(=O)O[C@@H]1[C@H](C(C)C)[C@@H]2[C@H]3C=C(C)[C@H](OC(C)=O)[C@H](O)[C@@H](OC(=O)CCC)[C@]3(C)C[C@H](OC(C)=O)[C@]2(C)[C@H]1OC(=O)CCC. The molecule has 0 heterocycles. The van der Waals surface area contributed by atoms with Crippen LogP contribution in [0.25, 0.3) is 0 Å². The third-order valence-electron chi connectivity index (χ3n) is 10.6. The Hall–Kier alpha value is -2.95. The monoisotopic (exact) mass is 664 g/mol. The normalized spacial score (nSPS) is 36.3. The maximum Gasteiger partial charge on any atom is 0.306 e. The quantitative estimate of drug-likeness (QED) is 0.166. The molecule has 3 rings (SSSR count). The molecule has 47 heavy (non-hydrogen) atoms. The summed E-state index contributed by atoms with van der Waals surface area (Å²) in [7, 11) is 0. The summed E-state index contributed by atoms with van der Waals surface area (Å²) in [6.07, 6.45) is -2.24. The highest BCUT2D eigenvalue weighted by atomic mass is 16.6. The molecule has 11 heteroatoms. The van der Waals surface area contributed by atoms with Gasteiger partial charge in [0.05, 0.1) is 0 Å². The highest BCUT2D eigenvalue weighted by Crippen LogP contribution is 2.67. The van der Waals surface area contributed by atoms with Crippen molar-refractivity contribution < 1.29 is 52.8 Å². The van der Waals surface area contributed by atoms with E-state index in [0.29, 0.717) is 24.8 Å². The summed E-state index contributed by atoms with van der Waals surface area (Å²) >= 11 is 0. The van der Waals surface area contributed by atoms with E-state index in [-0.39, 0.29) is 31.6 Å². The van der Waals surface area contributed by atoms with Gasteiger partial charge in [0.1, 0.15) is 30.5 Å². The lowest BCUT2D eigenvalue weighted by atomic mass is 9.49. The summed E-state index contributed by atoms with van der Waals surface area (Å²) in [5.41, 5.74) is -1.55. The van der Waals surface area contributed by atoms with Gasteiger partial charge in [-0.3, -0.25) is 24.0 Å². The van der Waals surface area contributed by atoms with Crippen LogP contribution in [0.15, 0.2) is 11.6 Å². The summed E-state index contributed by atoms with van der Waals surface area (Å²) in [6.45, 7) is 17.7. The standard InChI is InChI=1S/C36H56O11/c1-11-14-25(39)45-32-28(19(4)5)29-23-17-20(6)31(44-22(8)38)30(42)33(46-26(40)15-12-2)35(23,9)18-24(43-21(7)37)36(29,10)34(32)47-27(41)16-13-3/h17,19,23-24,28-34,42H,11-16,18H2,1-10H3/t23-,24+,28-,29+,30+,31+,32-,33-,34+,35-,36+/m1/s1. The average Bonchev–Trinajstić information content (AvgIpc) is 3.16. The van der Waals surface area contributed by atoms with Crippen molar-refractivity contribution in [3.05, 3.63) is 11.6 Å². The largest absolute Gasteiger partial charge is 0.462 e. The first-order valence-corrected chi connectivity index (χ1v) is 17.3. The summed E-state index contributed by atoms with van der Waals surface area (Å²) < 4.78 is 30.4. The zero-order valence-electron chi connectivity index (χ0n) is 29.8. The fourth-order valence-electron chi connectivity index (χ4n) is 8.62. The minimum atomic E-state index is -1.43. The predicted molar refractivity (Wildman–Crippen MR) is 171 cm³/mol. The van der Waals surface area contributed by atoms with Crippen LogP contribution in [0.5, 0.6) is 0 Å². The fourth-order valence-corrected chi connectivity index (χ4v) is 8.62. The lowest BCUT2D eigenvalue weighted by Crippen LogP contribution is -2.63. The Labute approximate surface area is 279 Å². The number of hydrogen-bond acceptors (Lipinski definition) is 11. The van der Waals surface area contributed by atoms with Crippen molar-refractivity contribution >= 4 is 29.8 Å². The maximum atomic E-state index is 13.2. The second-order valence-corrected chi connectivity index (χ2v) is 14.5.